The molecular weight excluding hydrogens is 362 g/mol. The molecule has 4 heteroatoms. The standard InChI is InChI=1S/C25H21NO3/c27-23-14-6-8-16-7-5-13-22(24(16)23)26-25(28)29-15-21-19-11-3-1-9-17(19)18-10-2-4-12-20(18)21/h1-5,7,9-13,21H,6,8,14-15H2,(H,26,28). The number of nitrogens with one attached hydrogen (secondary N) is 1. The number of hydrogen-bond donors (Lipinski definition) is 1. The Balaban J connectivity index is 1.34. The molecule has 0 bridgehead atoms. The van der Waals surface area contributed by atoms with Crippen LogP contribution in [0.1, 0.15) is 45.8 Å². The van der Waals surface area contributed by atoms with Crippen molar-refractivity contribution in [1.82, 2.24) is 0 Å². The van der Waals surface area contributed by atoms with E-state index in [9.17, 15) is 9.59 Å². The number of rotatable bonds is 3. The third kappa shape index (κ3) is 3.11. The summed E-state index contributed by atoms with van der Waals surface area (Å²) in [6, 6.07) is 22.1. The highest BCUT2D eigenvalue weighted by Crippen LogP contribution is 2.44. The van der Waals surface area contributed by atoms with Gasteiger partial charge in [-0.2, -0.15) is 0 Å². The molecule has 0 spiro atoms. The van der Waals surface area contributed by atoms with Gasteiger partial charge >= 0.3 is 6.09 Å². The fourth-order valence-corrected chi connectivity index (χ4v) is 4.55. The molecule has 29 heavy (non-hydrogen) atoms. The van der Waals surface area contributed by atoms with Gasteiger partial charge in [0, 0.05) is 17.9 Å². The molecule has 0 heterocycles. The second-order valence-electron chi connectivity index (χ2n) is 7.57. The minimum atomic E-state index is -0.529. The number of anilines is 1. The Morgan fingerprint density at radius 3 is 2.31 bits per heavy atom. The van der Waals surface area contributed by atoms with Crippen molar-refractivity contribution >= 4 is 17.6 Å². The van der Waals surface area contributed by atoms with Crippen LogP contribution >= 0.6 is 0 Å². The Labute approximate surface area is 169 Å². The third-order valence-electron chi connectivity index (χ3n) is 5.86. The first-order valence-corrected chi connectivity index (χ1v) is 9.99. The number of hydrogen-bond acceptors (Lipinski definition) is 3. The Hall–Kier alpha value is -3.40. The predicted molar refractivity (Wildman–Crippen MR) is 112 cm³/mol. The Bertz CT molecular complexity index is 1070. The monoisotopic (exact) mass is 383 g/mol. The van der Waals surface area contributed by atoms with Gasteiger partial charge in [-0.05, 0) is 46.7 Å². The molecule has 0 atom stereocenters. The van der Waals surface area contributed by atoms with Crippen LogP contribution in [0.4, 0.5) is 10.5 Å². The minimum Gasteiger partial charge on any atom is -0.448 e. The number of fused-ring (bicyclic) bond motifs is 4. The predicted octanol–water partition coefficient (Wildman–Crippen LogP) is 5.57. The zero-order chi connectivity index (χ0) is 19.8. The maximum atomic E-state index is 12.5. The van der Waals surface area contributed by atoms with E-state index in [4.69, 9.17) is 4.74 Å². The zero-order valence-electron chi connectivity index (χ0n) is 16.0. The summed E-state index contributed by atoms with van der Waals surface area (Å²) in [5.74, 6) is 0.0975. The molecule has 0 saturated heterocycles. The highest BCUT2D eigenvalue weighted by atomic mass is 16.5. The van der Waals surface area contributed by atoms with Crippen molar-refractivity contribution in [3.8, 4) is 11.1 Å². The highest BCUT2D eigenvalue weighted by Gasteiger charge is 2.29. The highest BCUT2D eigenvalue weighted by molar-refractivity contribution is 6.05. The van der Waals surface area contributed by atoms with E-state index in [-0.39, 0.29) is 18.3 Å². The smallest absolute Gasteiger partial charge is 0.411 e. The van der Waals surface area contributed by atoms with Crippen LogP contribution in [0.3, 0.4) is 0 Å². The lowest BCUT2D eigenvalue weighted by molar-refractivity contribution is 0.0973. The van der Waals surface area contributed by atoms with Crippen LogP contribution < -0.4 is 5.32 Å². The van der Waals surface area contributed by atoms with Crippen LogP contribution in [0.2, 0.25) is 0 Å². The van der Waals surface area contributed by atoms with Gasteiger partial charge in [0.2, 0.25) is 0 Å². The van der Waals surface area contributed by atoms with Crippen molar-refractivity contribution in [2.75, 3.05) is 11.9 Å². The molecule has 0 radical (unpaired) electrons. The van der Waals surface area contributed by atoms with E-state index in [2.05, 4.69) is 29.6 Å². The molecule has 1 amide bonds. The molecule has 0 aliphatic heterocycles. The molecule has 4 nitrogen and oxygen atoms in total. The van der Waals surface area contributed by atoms with Crippen molar-refractivity contribution in [1.29, 1.82) is 0 Å². The van der Waals surface area contributed by atoms with Crippen LogP contribution in [0.15, 0.2) is 66.7 Å². The maximum absolute atomic E-state index is 12.5. The summed E-state index contributed by atoms with van der Waals surface area (Å²) in [5.41, 5.74) is 6.91. The van der Waals surface area contributed by atoms with Gasteiger partial charge in [-0.15, -0.1) is 0 Å². The normalized spacial score (nSPS) is 14.7. The molecule has 144 valence electrons. The molecule has 5 rings (SSSR count). The lowest BCUT2D eigenvalue weighted by atomic mass is 9.89. The van der Waals surface area contributed by atoms with Crippen molar-refractivity contribution in [2.24, 2.45) is 0 Å². The third-order valence-corrected chi connectivity index (χ3v) is 5.86. The maximum Gasteiger partial charge on any atom is 0.411 e. The fourth-order valence-electron chi connectivity index (χ4n) is 4.55. The molecule has 1 N–H and O–H groups in total. The molecule has 3 aromatic carbocycles. The van der Waals surface area contributed by atoms with Gasteiger partial charge < -0.3 is 4.74 Å². The fraction of sp³-hybridized carbons (Fsp3) is 0.200. The molecule has 0 fully saturated rings. The first-order valence-electron chi connectivity index (χ1n) is 9.99. The van der Waals surface area contributed by atoms with Crippen LogP contribution in [-0.2, 0) is 11.2 Å². The summed E-state index contributed by atoms with van der Waals surface area (Å²) in [6.45, 7) is 0.253. The summed E-state index contributed by atoms with van der Waals surface area (Å²) >= 11 is 0. The average molecular weight is 383 g/mol. The summed E-state index contributed by atoms with van der Waals surface area (Å²) in [6.07, 6.45) is 1.72. The van der Waals surface area contributed by atoms with Gasteiger partial charge in [-0.1, -0.05) is 60.7 Å². The topological polar surface area (TPSA) is 55.4 Å². The number of Topliss-reactive ketones (excluding diaryl/α,β-unsaturated/α-hetero) is 1. The van der Waals surface area contributed by atoms with E-state index in [1.54, 1.807) is 6.07 Å². The van der Waals surface area contributed by atoms with E-state index in [1.165, 1.54) is 22.3 Å². The molecule has 3 aromatic rings. The van der Waals surface area contributed by atoms with Crippen molar-refractivity contribution < 1.29 is 14.3 Å². The van der Waals surface area contributed by atoms with E-state index < -0.39 is 6.09 Å². The number of benzene rings is 3. The van der Waals surface area contributed by atoms with Crippen LogP contribution in [0.5, 0.6) is 0 Å². The van der Waals surface area contributed by atoms with Gasteiger partial charge in [0.15, 0.2) is 5.78 Å². The Morgan fingerprint density at radius 1 is 0.897 bits per heavy atom. The van der Waals surface area contributed by atoms with Crippen LogP contribution in [0, 0.1) is 0 Å². The van der Waals surface area contributed by atoms with Crippen molar-refractivity contribution in [3.05, 3.63) is 89.0 Å². The van der Waals surface area contributed by atoms with E-state index in [1.807, 2.05) is 36.4 Å². The second-order valence-corrected chi connectivity index (χ2v) is 7.57. The number of carbonyl (C=O) groups is 2. The average Bonchev–Trinajstić information content (AvgIpc) is 3.06. The lowest BCUT2D eigenvalue weighted by Gasteiger charge is -2.19. The molecule has 0 unspecified atom stereocenters. The largest absolute Gasteiger partial charge is 0.448 e. The van der Waals surface area contributed by atoms with Crippen LogP contribution in [-0.4, -0.2) is 18.5 Å². The minimum absolute atomic E-state index is 0.0134. The van der Waals surface area contributed by atoms with Crippen molar-refractivity contribution in [3.63, 3.8) is 0 Å². The Morgan fingerprint density at radius 2 is 1.59 bits per heavy atom. The van der Waals surface area contributed by atoms with Gasteiger partial charge in [-0.25, -0.2) is 4.79 Å². The number of ether oxygens (including phenoxy) is 1. The van der Waals surface area contributed by atoms with Gasteiger partial charge in [0.25, 0.3) is 0 Å². The van der Waals surface area contributed by atoms with E-state index in [0.29, 0.717) is 17.7 Å². The zero-order valence-corrected chi connectivity index (χ0v) is 16.0. The summed E-state index contributed by atoms with van der Waals surface area (Å²) in [4.78, 5) is 24.9. The lowest BCUT2D eigenvalue weighted by Crippen LogP contribution is -2.21. The second kappa shape index (κ2) is 7.21. The molecule has 2 aliphatic carbocycles. The molecular formula is C25H21NO3. The van der Waals surface area contributed by atoms with Crippen LogP contribution in [0.25, 0.3) is 11.1 Å². The molecule has 0 saturated carbocycles. The van der Waals surface area contributed by atoms with E-state index in [0.717, 1.165) is 18.4 Å². The van der Waals surface area contributed by atoms with E-state index >= 15 is 0 Å². The number of aryl methyl sites for hydroxylation is 1. The number of ketones is 1. The molecule has 2 aliphatic rings. The number of amides is 1. The van der Waals surface area contributed by atoms with Crippen molar-refractivity contribution in [2.45, 2.75) is 25.2 Å². The summed E-state index contributed by atoms with van der Waals surface area (Å²) < 4.78 is 5.61. The first-order chi connectivity index (χ1) is 14.2. The summed E-state index contributed by atoms with van der Waals surface area (Å²) in [5, 5.41) is 2.79. The SMILES string of the molecule is O=C(Nc1cccc2c1C(=O)CCC2)OCC1c2ccccc2-c2ccccc21. The summed E-state index contributed by atoms with van der Waals surface area (Å²) in [7, 11) is 0. The van der Waals surface area contributed by atoms with Gasteiger partial charge in [0.05, 0.1) is 5.69 Å². The van der Waals surface area contributed by atoms with Gasteiger partial charge in [-0.3, -0.25) is 10.1 Å². The number of carbonyl (C=O) groups excluding carboxylic acids is 2. The first kappa shape index (κ1) is 17.7. The quantitative estimate of drug-likeness (QED) is 0.644. The van der Waals surface area contributed by atoms with Gasteiger partial charge in [0.1, 0.15) is 6.61 Å². The molecule has 0 aromatic heterocycles. The Kier molecular flexibility index (Phi) is 4.39.